The predicted octanol–water partition coefficient (Wildman–Crippen LogP) is 0.482. The second-order valence-electron chi connectivity index (χ2n) is 8.56. The molecular weight excluding hydrogens is 652 g/mol. The molecular formula is C24H26F2IN4O7P-2. The van der Waals surface area contributed by atoms with Crippen LogP contribution in [0.1, 0.15) is 41.3 Å². The average Bonchev–Trinajstić information content (AvgIpc) is 2.84. The average molecular weight is 678 g/mol. The number of rotatable bonds is 13. The number of hydrogen-bond acceptors (Lipinski definition) is 7. The molecule has 212 valence electrons. The van der Waals surface area contributed by atoms with E-state index in [1.807, 2.05) is 6.07 Å². The van der Waals surface area contributed by atoms with Gasteiger partial charge >= 0.3 is 0 Å². The number of benzene rings is 2. The highest BCUT2D eigenvalue weighted by Gasteiger charge is 2.36. The molecule has 15 heteroatoms. The number of halogens is 3. The molecule has 0 radical (unpaired) electrons. The van der Waals surface area contributed by atoms with Gasteiger partial charge < -0.3 is 36.0 Å². The molecule has 0 aromatic heterocycles. The van der Waals surface area contributed by atoms with E-state index in [9.17, 15) is 42.3 Å². The van der Waals surface area contributed by atoms with Crippen molar-refractivity contribution in [2.24, 2.45) is 5.73 Å². The molecule has 0 spiro atoms. The normalized spacial score (nSPS) is 13.2. The molecule has 0 bridgehead atoms. The molecule has 0 heterocycles. The maximum absolute atomic E-state index is 13.8. The minimum Gasteiger partial charge on any atom is -0.806 e. The summed E-state index contributed by atoms with van der Waals surface area (Å²) in [6, 6.07) is 8.20. The number of primary amides is 1. The van der Waals surface area contributed by atoms with Gasteiger partial charge in [-0.15, -0.1) is 0 Å². The zero-order valence-electron chi connectivity index (χ0n) is 20.6. The number of amides is 4. The lowest BCUT2D eigenvalue weighted by atomic mass is 10.0. The van der Waals surface area contributed by atoms with E-state index in [-0.39, 0.29) is 37.3 Å². The first kappa shape index (κ1) is 32.3. The number of carbonyl (C=O) groups excluding carboxylic acids is 4. The maximum Gasteiger partial charge on any atom is 0.296 e. The largest absolute Gasteiger partial charge is 0.806 e. The van der Waals surface area contributed by atoms with Gasteiger partial charge in [-0.05, 0) is 59.2 Å². The monoisotopic (exact) mass is 678 g/mol. The van der Waals surface area contributed by atoms with E-state index in [0.717, 1.165) is 34.8 Å². The van der Waals surface area contributed by atoms with Gasteiger partial charge in [0.2, 0.25) is 17.7 Å². The number of nitrogens with two attached hydrogens (primary N) is 1. The summed E-state index contributed by atoms with van der Waals surface area (Å²) in [7, 11) is -6.25. The minimum atomic E-state index is -6.25. The van der Waals surface area contributed by atoms with Crippen LogP contribution < -0.4 is 31.5 Å². The van der Waals surface area contributed by atoms with Crippen molar-refractivity contribution in [1.82, 2.24) is 16.0 Å². The van der Waals surface area contributed by atoms with Crippen molar-refractivity contribution in [3.8, 4) is 0 Å². The van der Waals surface area contributed by atoms with Crippen molar-refractivity contribution < 1.29 is 42.3 Å². The molecule has 0 aliphatic rings. The van der Waals surface area contributed by atoms with Crippen molar-refractivity contribution >= 4 is 53.8 Å². The van der Waals surface area contributed by atoms with Crippen LogP contribution in [-0.4, -0.2) is 42.3 Å². The fourth-order valence-electron chi connectivity index (χ4n) is 3.49. The Kier molecular flexibility index (Phi) is 11.5. The third-order valence-corrected chi connectivity index (χ3v) is 7.10. The molecule has 0 fully saturated rings. The first-order valence-corrected chi connectivity index (χ1v) is 14.1. The van der Waals surface area contributed by atoms with Crippen molar-refractivity contribution in [3.63, 3.8) is 0 Å². The molecule has 0 saturated heterocycles. The molecule has 2 atom stereocenters. The third-order valence-electron chi connectivity index (χ3n) is 5.48. The van der Waals surface area contributed by atoms with Gasteiger partial charge in [0.1, 0.15) is 12.1 Å². The zero-order chi connectivity index (χ0) is 29.4. The van der Waals surface area contributed by atoms with Crippen LogP contribution >= 0.6 is 30.2 Å². The first-order valence-electron chi connectivity index (χ1n) is 11.5. The van der Waals surface area contributed by atoms with Crippen molar-refractivity contribution in [3.05, 3.63) is 68.8 Å². The maximum atomic E-state index is 13.8. The van der Waals surface area contributed by atoms with Gasteiger partial charge in [-0.25, -0.2) is 0 Å². The van der Waals surface area contributed by atoms with E-state index in [1.54, 1.807) is 18.2 Å². The Morgan fingerprint density at radius 3 is 2.23 bits per heavy atom. The molecule has 5 N–H and O–H groups in total. The Morgan fingerprint density at radius 2 is 1.69 bits per heavy atom. The molecule has 0 saturated carbocycles. The lowest BCUT2D eigenvalue weighted by Crippen LogP contribution is -2.53. The summed E-state index contributed by atoms with van der Waals surface area (Å²) in [5.74, 6) is -2.53. The molecule has 4 amide bonds. The van der Waals surface area contributed by atoms with Crippen LogP contribution in [0.4, 0.5) is 8.78 Å². The van der Waals surface area contributed by atoms with Gasteiger partial charge in [0, 0.05) is 42.2 Å². The molecule has 2 aromatic rings. The lowest BCUT2D eigenvalue weighted by Gasteiger charge is -2.37. The smallest absolute Gasteiger partial charge is 0.296 e. The molecule has 0 aliphatic carbocycles. The Hall–Kier alpha value is -2.94. The molecule has 0 aliphatic heterocycles. The van der Waals surface area contributed by atoms with E-state index in [4.69, 9.17) is 5.73 Å². The van der Waals surface area contributed by atoms with Crippen LogP contribution in [0.3, 0.4) is 0 Å². The quantitative estimate of drug-likeness (QED) is 0.134. The summed E-state index contributed by atoms with van der Waals surface area (Å²) >= 11 is 2.08. The lowest BCUT2D eigenvalue weighted by molar-refractivity contribution is -0.335. The Labute approximate surface area is 236 Å². The van der Waals surface area contributed by atoms with Crippen LogP contribution in [0.15, 0.2) is 48.5 Å². The van der Waals surface area contributed by atoms with E-state index in [2.05, 4.69) is 38.5 Å². The summed E-state index contributed by atoms with van der Waals surface area (Å²) in [5.41, 5.74) is 0.469. The fourth-order valence-corrected chi connectivity index (χ4v) is 4.50. The van der Waals surface area contributed by atoms with Crippen LogP contribution in [0, 0.1) is 3.57 Å². The van der Waals surface area contributed by atoms with Crippen LogP contribution in [0.2, 0.25) is 0 Å². The summed E-state index contributed by atoms with van der Waals surface area (Å²) in [6.45, 7) is 1.34. The van der Waals surface area contributed by atoms with E-state index < -0.39 is 48.6 Å². The second-order valence-corrected chi connectivity index (χ2v) is 11.4. The van der Waals surface area contributed by atoms with Gasteiger partial charge in [-0.3, -0.25) is 19.2 Å². The van der Waals surface area contributed by atoms with Gasteiger partial charge in [-0.1, -0.05) is 30.3 Å². The van der Waals surface area contributed by atoms with Crippen LogP contribution in [-0.2, 0) is 31.0 Å². The summed E-state index contributed by atoms with van der Waals surface area (Å²) in [6.07, 6.45) is 0.156. The van der Waals surface area contributed by atoms with Crippen molar-refractivity contribution in [2.75, 3.05) is 6.54 Å². The van der Waals surface area contributed by atoms with Gasteiger partial charge in [0.05, 0.1) is 0 Å². The molecule has 11 nitrogen and oxygen atoms in total. The Morgan fingerprint density at radius 1 is 1.05 bits per heavy atom. The number of nitrogens with one attached hydrogen (secondary N) is 3. The number of alkyl halides is 2. The van der Waals surface area contributed by atoms with Gasteiger partial charge in [-0.2, -0.15) is 8.78 Å². The molecule has 2 aromatic carbocycles. The highest BCUT2D eigenvalue weighted by atomic mass is 127. The first-order chi connectivity index (χ1) is 18.1. The standard InChI is InChI=1S/C24H28F2IN4O7P/c1-14(32)30-20(12-15-7-9-17(10-8-15)24(25,26)39(36,37)38)23(35)31-19(21(28)33)6-3-11-29-22(34)16-4-2-5-18(27)13-16/h2,4-5,7-10,13,19-20H,3,6,11-12H2,1H3,(H2,28,33)(H,29,34)(H,30,32)(H,31,35)(H2,36,37,38)/p-2/t19-,20-/m0/s1. The number of hydrogen-bond donors (Lipinski definition) is 4. The fraction of sp³-hybridized carbons (Fsp3) is 0.333. The van der Waals surface area contributed by atoms with E-state index >= 15 is 0 Å². The van der Waals surface area contributed by atoms with Crippen LogP contribution in [0.5, 0.6) is 0 Å². The zero-order valence-corrected chi connectivity index (χ0v) is 23.7. The summed E-state index contributed by atoms with van der Waals surface area (Å²) in [5, 5.41) is 7.54. The summed E-state index contributed by atoms with van der Waals surface area (Å²) in [4.78, 5) is 70.4. The molecule has 2 rings (SSSR count). The van der Waals surface area contributed by atoms with Gasteiger partial charge in [0.25, 0.3) is 11.6 Å². The van der Waals surface area contributed by atoms with Crippen molar-refractivity contribution in [2.45, 2.75) is 43.9 Å². The van der Waals surface area contributed by atoms with E-state index in [0.29, 0.717) is 5.56 Å². The highest BCUT2D eigenvalue weighted by molar-refractivity contribution is 14.1. The summed E-state index contributed by atoms with van der Waals surface area (Å²) < 4.78 is 39.3. The van der Waals surface area contributed by atoms with E-state index in [1.165, 1.54) is 0 Å². The van der Waals surface area contributed by atoms with Crippen molar-refractivity contribution in [1.29, 1.82) is 0 Å². The predicted molar refractivity (Wildman–Crippen MR) is 141 cm³/mol. The van der Waals surface area contributed by atoms with Gasteiger partial charge in [0.15, 0.2) is 0 Å². The Balaban J connectivity index is 2.01. The molecule has 0 unspecified atom stereocenters. The SMILES string of the molecule is CC(=O)N[C@@H](Cc1ccc(C(F)(F)P(=O)([O-])[O-])cc1)C(=O)N[C@@H](CCCNC(=O)c1cccc(I)c1)C(N)=O. The highest BCUT2D eigenvalue weighted by Crippen LogP contribution is 2.53. The third kappa shape index (κ3) is 9.64. The Bertz CT molecular complexity index is 1260. The second kappa shape index (κ2) is 13.9. The minimum absolute atomic E-state index is 0.0781. The van der Waals surface area contributed by atoms with Crippen LogP contribution in [0.25, 0.3) is 0 Å². The number of carbonyl (C=O) groups is 4. The molecule has 39 heavy (non-hydrogen) atoms. The topological polar surface area (TPSA) is 194 Å².